The lowest BCUT2D eigenvalue weighted by Crippen LogP contribution is -2.29. The molecule has 0 unspecified atom stereocenters. The standard InChI is InChI=1S/C11H14N2O3S2/c1-2-6-12-11(14)10-9(5-7-17-10)18(15,16)13-8-3-4-8/h2,5,7-8,13H,1,3-4,6H2,(H,12,14). The molecule has 1 aliphatic rings. The molecule has 1 aromatic heterocycles. The highest BCUT2D eigenvalue weighted by Gasteiger charge is 2.31. The molecule has 1 fully saturated rings. The molecule has 0 radical (unpaired) electrons. The summed E-state index contributed by atoms with van der Waals surface area (Å²) in [7, 11) is -3.58. The van der Waals surface area contributed by atoms with Gasteiger partial charge in [-0.05, 0) is 24.3 Å². The fraction of sp³-hybridized carbons (Fsp3) is 0.364. The van der Waals surface area contributed by atoms with Gasteiger partial charge in [-0.2, -0.15) is 0 Å². The second-order valence-corrected chi connectivity index (χ2v) is 6.61. The Bertz CT molecular complexity index is 559. The van der Waals surface area contributed by atoms with E-state index >= 15 is 0 Å². The summed E-state index contributed by atoms with van der Waals surface area (Å²) in [6.45, 7) is 3.80. The molecule has 0 atom stereocenters. The summed E-state index contributed by atoms with van der Waals surface area (Å²) in [5, 5.41) is 4.18. The third-order valence-electron chi connectivity index (χ3n) is 2.43. The Labute approximate surface area is 110 Å². The lowest BCUT2D eigenvalue weighted by atomic mass is 10.4. The van der Waals surface area contributed by atoms with E-state index in [0.717, 1.165) is 24.2 Å². The second-order valence-electron chi connectivity index (χ2n) is 4.01. The predicted octanol–water partition coefficient (Wildman–Crippen LogP) is 1.10. The molecule has 0 aliphatic heterocycles. The molecule has 1 amide bonds. The molecular formula is C11H14N2O3S2. The van der Waals surface area contributed by atoms with E-state index in [0.29, 0.717) is 6.54 Å². The zero-order valence-corrected chi connectivity index (χ0v) is 11.3. The Morgan fingerprint density at radius 3 is 2.89 bits per heavy atom. The van der Waals surface area contributed by atoms with Gasteiger partial charge in [-0.3, -0.25) is 4.79 Å². The van der Waals surface area contributed by atoms with Crippen molar-refractivity contribution >= 4 is 27.3 Å². The molecule has 1 heterocycles. The van der Waals surface area contributed by atoms with E-state index in [1.807, 2.05) is 0 Å². The minimum atomic E-state index is -3.58. The first kappa shape index (κ1) is 13.3. The first-order chi connectivity index (χ1) is 8.54. The number of amides is 1. The van der Waals surface area contributed by atoms with Gasteiger partial charge in [0.1, 0.15) is 9.77 Å². The van der Waals surface area contributed by atoms with E-state index in [-0.39, 0.29) is 21.7 Å². The summed E-state index contributed by atoms with van der Waals surface area (Å²) in [5.74, 6) is -0.388. The normalized spacial score (nSPS) is 15.3. The van der Waals surface area contributed by atoms with Gasteiger partial charge in [0.15, 0.2) is 0 Å². The van der Waals surface area contributed by atoms with E-state index < -0.39 is 10.0 Å². The minimum Gasteiger partial charge on any atom is -0.348 e. The van der Waals surface area contributed by atoms with Crippen LogP contribution in [0.1, 0.15) is 22.5 Å². The van der Waals surface area contributed by atoms with Gasteiger partial charge in [-0.25, -0.2) is 13.1 Å². The highest BCUT2D eigenvalue weighted by atomic mass is 32.2. The van der Waals surface area contributed by atoms with Crippen LogP contribution in [0.5, 0.6) is 0 Å². The topological polar surface area (TPSA) is 75.3 Å². The zero-order valence-electron chi connectivity index (χ0n) is 9.68. The number of rotatable bonds is 6. The van der Waals surface area contributed by atoms with Crippen LogP contribution < -0.4 is 10.0 Å². The summed E-state index contributed by atoms with van der Waals surface area (Å²) in [6, 6.07) is 1.48. The highest BCUT2D eigenvalue weighted by molar-refractivity contribution is 7.89. The lowest BCUT2D eigenvalue weighted by Gasteiger charge is -2.06. The summed E-state index contributed by atoms with van der Waals surface area (Å²) >= 11 is 1.12. The van der Waals surface area contributed by atoms with Gasteiger partial charge in [-0.15, -0.1) is 17.9 Å². The van der Waals surface area contributed by atoms with Crippen LogP contribution in [0.4, 0.5) is 0 Å². The van der Waals surface area contributed by atoms with Crippen LogP contribution in [0.15, 0.2) is 29.0 Å². The van der Waals surface area contributed by atoms with Gasteiger partial charge < -0.3 is 5.32 Å². The van der Waals surface area contributed by atoms with Gasteiger partial charge >= 0.3 is 0 Å². The molecule has 2 rings (SSSR count). The SMILES string of the molecule is C=CCNC(=O)c1sccc1S(=O)(=O)NC1CC1. The molecule has 5 nitrogen and oxygen atoms in total. The number of hydrogen-bond donors (Lipinski definition) is 2. The Morgan fingerprint density at radius 1 is 1.56 bits per heavy atom. The molecule has 1 aromatic rings. The molecule has 1 saturated carbocycles. The molecule has 18 heavy (non-hydrogen) atoms. The van der Waals surface area contributed by atoms with Crippen molar-refractivity contribution in [1.82, 2.24) is 10.0 Å². The Balaban J connectivity index is 2.20. The quantitative estimate of drug-likeness (QED) is 0.769. The Hall–Kier alpha value is -1.18. The largest absolute Gasteiger partial charge is 0.348 e. The van der Waals surface area contributed by atoms with Gasteiger partial charge in [0.25, 0.3) is 5.91 Å². The monoisotopic (exact) mass is 286 g/mol. The average Bonchev–Trinajstić information content (AvgIpc) is 2.97. The average molecular weight is 286 g/mol. The predicted molar refractivity (Wildman–Crippen MR) is 70.2 cm³/mol. The van der Waals surface area contributed by atoms with Gasteiger partial charge in [0, 0.05) is 12.6 Å². The maximum Gasteiger partial charge on any atom is 0.262 e. The van der Waals surface area contributed by atoms with Crippen LogP contribution in [0, 0.1) is 0 Å². The smallest absolute Gasteiger partial charge is 0.262 e. The number of sulfonamides is 1. The van der Waals surface area contributed by atoms with Crippen LogP contribution in [-0.4, -0.2) is 26.9 Å². The van der Waals surface area contributed by atoms with Crippen molar-refractivity contribution in [3.05, 3.63) is 29.0 Å². The van der Waals surface area contributed by atoms with E-state index in [4.69, 9.17) is 0 Å². The van der Waals surface area contributed by atoms with Crippen LogP contribution in [-0.2, 0) is 10.0 Å². The zero-order chi connectivity index (χ0) is 13.2. The van der Waals surface area contributed by atoms with Crippen molar-refractivity contribution in [1.29, 1.82) is 0 Å². The van der Waals surface area contributed by atoms with E-state index in [1.165, 1.54) is 6.07 Å². The summed E-state index contributed by atoms with van der Waals surface area (Å²) < 4.78 is 26.6. The van der Waals surface area contributed by atoms with Gasteiger partial charge in [-0.1, -0.05) is 6.08 Å². The first-order valence-corrected chi connectivity index (χ1v) is 7.90. The second kappa shape index (κ2) is 5.21. The number of thiophene rings is 1. The summed E-state index contributed by atoms with van der Waals surface area (Å²) in [6.07, 6.45) is 3.27. The van der Waals surface area contributed by atoms with E-state index in [1.54, 1.807) is 11.5 Å². The van der Waals surface area contributed by atoms with Crippen molar-refractivity contribution in [2.75, 3.05) is 6.54 Å². The molecule has 0 saturated heterocycles. The lowest BCUT2D eigenvalue weighted by molar-refractivity contribution is 0.0959. The molecule has 2 N–H and O–H groups in total. The van der Waals surface area contributed by atoms with Crippen molar-refractivity contribution in [2.45, 2.75) is 23.8 Å². The summed E-state index contributed by atoms with van der Waals surface area (Å²) in [5.41, 5.74) is 0. The van der Waals surface area contributed by atoms with Crippen molar-refractivity contribution < 1.29 is 13.2 Å². The fourth-order valence-electron chi connectivity index (χ4n) is 1.40. The van der Waals surface area contributed by atoms with E-state index in [2.05, 4.69) is 16.6 Å². The molecule has 0 aromatic carbocycles. The van der Waals surface area contributed by atoms with Crippen molar-refractivity contribution in [3.63, 3.8) is 0 Å². The van der Waals surface area contributed by atoms with Gasteiger partial charge in [0.05, 0.1) is 0 Å². The molecule has 98 valence electrons. The number of carbonyl (C=O) groups is 1. The third-order valence-corrected chi connectivity index (χ3v) is 5.04. The highest BCUT2D eigenvalue weighted by Crippen LogP contribution is 2.26. The molecule has 0 bridgehead atoms. The Kier molecular flexibility index (Phi) is 3.84. The maximum atomic E-state index is 12.0. The number of hydrogen-bond acceptors (Lipinski definition) is 4. The fourth-order valence-corrected chi connectivity index (χ4v) is 4.05. The number of nitrogens with one attached hydrogen (secondary N) is 2. The van der Waals surface area contributed by atoms with Crippen LogP contribution in [0.25, 0.3) is 0 Å². The van der Waals surface area contributed by atoms with Gasteiger partial charge in [0.2, 0.25) is 10.0 Å². The van der Waals surface area contributed by atoms with Crippen LogP contribution in [0.2, 0.25) is 0 Å². The van der Waals surface area contributed by atoms with Crippen LogP contribution >= 0.6 is 11.3 Å². The molecule has 0 spiro atoms. The van der Waals surface area contributed by atoms with Crippen LogP contribution in [0.3, 0.4) is 0 Å². The Morgan fingerprint density at radius 2 is 2.28 bits per heavy atom. The molecular weight excluding hydrogens is 272 g/mol. The minimum absolute atomic E-state index is 0.0268. The maximum absolute atomic E-state index is 12.0. The molecule has 7 heteroatoms. The first-order valence-electron chi connectivity index (χ1n) is 5.53. The van der Waals surface area contributed by atoms with E-state index in [9.17, 15) is 13.2 Å². The summed E-state index contributed by atoms with van der Waals surface area (Å²) in [4.78, 5) is 12.1. The molecule has 1 aliphatic carbocycles. The number of carbonyl (C=O) groups excluding carboxylic acids is 1. The van der Waals surface area contributed by atoms with Crippen molar-refractivity contribution in [2.24, 2.45) is 0 Å². The van der Waals surface area contributed by atoms with Crippen molar-refractivity contribution in [3.8, 4) is 0 Å². The third kappa shape index (κ3) is 2.98.